The molecule has 0 bridgehead atoms. The molecule has 11 heavy (non-hydrogen) atoms. The molecule has 0 N–H and O–H groups in total. The first-order valence-electron chi connectivity index (χ1n) is 3.75. The van der Waals surface area contributed by atoms with Crippen LogP contribution in [-0.4, -0.2) is 16.8 Å². The number of hydrogen-bond donors (Lipinski definition) is 0. The number of ether oxygens (including phenoxy) is 1. The molecule has 0 aromatic rings. The van der Waals surface area contributed by atoms with E-state index in [0.717, 1.165) is 29.6 Å². The van der Waals surface area contributed by atoms with E-state index in [1.54, 1.807) is 6.08 Å². The predicted octanol–water partition coefficient (Wildman–Crippen LogP) is 2.07. The molecule has 0 amide bonds. The van der Waals surface area contributed by atoms with Gasteiger partial charge in [-0.2, -0.15) is 0 Å². The molecule has 2 nitrogen and oxygen atoms in total. The molecule has 3 heteroatoms. The number of carbonyl (C=O) groups excluding carboxylic acids is 1. The molecule has 0 aromatic carbocycles. The fraction of sp³-hybridized carbons (Fsp3) is 0.625. The Hall–Kier alpha value is -0.0600. The second kappa shape index (κ2) is 4.74. The second-order valence-electron chi connectivity index (χ2n) is 2.47. The number of rotatable bonds is 4. The lowest BCUT2D eigenvalue weighted by atomic mass is 10.3. The van der Waals surface area contributed by atoms with E-state index >= 15 is 0 Å². The van der Waals surface area contributed by atoms with Crippen LogP contribution in [-0.2, 0) is 9.53 Å². The topological polar surface area (TPSA) is 26.3 Å². The molecule has 0 heterocycles. The number of alkyl halides is 1. The summed E-state index contributed by atoms with van der Waals surface area (Å²) in [4.78, 5) is 10.7. The van der Waals surface area contributed by atoms with Gasteiger partial charge in [0.15, 0.2) is 5.78 Å². The van der Waals surface area contributed by atoms with E-state index in [2.05, 4.69) is 22.6 Å². The molecule has 0 saturated carbocycles. The summed E-state index contributed by atoms with van der Waals surface area (Å²) < 4.78 is 6.46. The van der Waals surface area contributed by atoms with Crippen molar-refractivity contribution >= 4 is 28.4 Å². The van der Waals surface area contributed by atoms with Gasteiger partial charge in [-0.15, -0.1) is 0 Å². The minimum absolute atomic E-state index is 0.203. The van der Waals surface area contributed by atoms with Gasteiger partial charge in [0.1, 0.15) is 0 Å². The zero-order valence-corrected chi connectivity index (χ0v) is 8.46. The van der Waals surface area contributed by atoms with Crippen LogP contribution in [0, 0.1) is 0 Å². The highest BCUT2D eigenvalue weighted by atomic mass is 127. The maximum atomic E-state index is 10.7. The lowest BCUT2D eigenvalue weighted by molar-refractivity contribution is -0.114. The standard InChI is InChI=1S/C8H11IO2/c9-4-1-5-11-8-3-2-7(10)6-8/h6H,1-5H2. The fourth-order valence-electron chi connectivity index (χ4n) is 0.942. The Morgan fingerprint density at radius 1 is 1.55 bits per heavy atom. The van der Waals surface area contributed by atoms with Gasteiger partial charge in [0.25, 0.3) is 0 Å². The van der Waals surface area contributed by atoms with Crippen LogP contribution < -0.4 is 0 Å². The molecule has 0 spiro atoms. The molecule has 0 saturated heterocycles. The molecule has 0 fully saturated rings. The molecule has 0 aromatic heterocycles. The van der Waals surface area contributed by atoms with Gasteiger partial charge in [0.05, 0.1) is 12.4 Å². The zero-order valence-electron chi connectivity index (χ0n) is 6.31. The summed E-state index contributed by atoms with van der Waals surface area (Å²) in [5.41, 5.74) is 0. The van der Waals surface area contributed by atoms with Crippen molar-refractivity contribution in [3.05, 3.63) is 11.8 Å². The van der Waals surface area contributed by atoms with Gasteiger partial charge in [-0.1, -0.05) is 22.6 Å². The SMILES string of the molecule is O=C1C=C(OCCCI)CC1. The van der Waals surface area contributed by atoms with E-state index in [-0.39, 0.29) is 5.78 Å². The van der Waals surface area contributed by atoms with Gasteiger partial charge in [0.2, 0.25) is 0 Å². The van der Waals surface area contributed by atoms with Gasteiger partial charge in [-0.05, 0) is 6.42 Å². The summed E-state index contributed by atoms with van der Waals surface area (Å²) in [6.45, 7) is 0.752. The zero-order chi connectivity index (χ0) is 8.10. The Balaban J connectivity index is 2.17. The average molecular weight is 266 g/mol. The van der Waals surface area contributed by atoms with Crippen LogP contribution in [0.25, 0.3) is 0 Å². The van der Waals surface area contributed by atoms with Gasteiger partial charge in [-0.25, -0.2) is 0 Å². The van der Waals surface area contributed by atoms with Gasteiger partial charge in [-0.3, -0.25) is 4.79 Å². The normalized spacial score (nSPS) is 16.8. The van der Waals surface area contributed by atoms with Crippen molar-refractivity contribution in [3.8, 4) is 0 Å². The molecule has 0 aliphatic heterocycles. The largest absolute Gasteiger partial charge is 0.498 e. The Morgan fingerprint density at radius 2 is 2.36 bits per heavy atom. The summed E-state index contributed by atoms with van der Waals surface area (Å²) in [5.74, 6) is 1.08. The molecule has 62 valence electrons. The number of ketones is 1. The molecule has 1 aliphatic rings. The molecular weight excluding hydrogens is 255 g/mol. The molecule has 0 radical (unpaired) electrons. The lowest BCUT2D eigenvalue weighted by Gasteiger charge is -2.03. The van der Waals surface area contributed by atoms with Gasteiger partial charge in [0, 0.05) is 23.3 Å². The Labute approximate surface area is 80.1 Å². The third kappa shape index (κ3) is 3.22. The van der Waals surface area contributed by atoms with E-state index < -0.39 is 0 Å². The van der Waals surface area contributed by atoms with Crippen LogP contribution in [0.3, 0.4) is 0 Å². The molecule has 1 rings (SSSR count). The van der Waals surface area contributed by atoms with E-state index in [1.807, 2.05) is 0 Å². The minimum Gasteiger partial charge on any atom is -0.498 e. The third-order valence-electron chi connectivity index (χ3n) is 1.51. The van der Waals surface area contributed by atoms with E-state index in [9.17, 15) is 4.79 Å². The summed E-state index contributed by atoms with van der Waals surface area (Å²) in [7, 11) is 0. The van der Waals surface area contributed by atoms with Crippen molar-refractivity contribution in [2.75, 3.05) is 11.0 Å². The summed E-state index contributed by atoms with van der Waals surface area (Å²) in [6.07, 6.45) is 4.12. The van der Waals surface area contributed by atoms with E-state index in [1.165, 1.54) is 0 Å². The highest BCUT2D eigenvalue weighted by Gasteiger charge is 2.12. The first kappa shape index (κ1) is 9.03. The van der Waals surface area contributed by atoms with Crippen LogP contribution in [0.15, 0.2) is 11.8 Å². The van der Waals surface area contributed by atoms with Gasteiger partial charge >= 0.3 is 0 Å². The second-order valence-corrected chi connectivity index (χ2v) is 3.55. The summed E-state index contributed by atoms with van der Waals surface area (Å²) >= 11 is 2.31. The Kier molecular flexibility index (Phi) is 3.90. The highest BCUT2D eigenvalue weighted by Crippen LogP contribution is 2.15. The first-order valence-corrected chi connectivity index (χ1v) is 5.27. The van der Waals surface area contributed by atoms with Crippen LogP contribution >= 0.6 is 22.6 Å². The van der Waals surface area contributed by atoms with Crippen LogP contribution in [0.2, 0.25) is 0 Å². The predicted molar refractivity (Wildman–Crippen MR) is 51.8 cm³/mol. The van der Waals surface area contributed by atoms with Crippen molar-refractivity contribution in [1.82, 2.24) is 0 Å². The third-order valence-corrected chi connectivity index (χ3v) is 2.27. The van der Waals surface area contributed by atoms with Crippen molar-refractivity contribution in [3.63, 3.8) is 0 Å². The number of halogens is 1. The van der Waals surface area contributed by atoms with Crippen molar-refractivity contribution < 1.29 is 9.53 Å². The summed E-state index contributed by atoms with van der Waals surface area (Å²) in [5, 5.41) is 0. The Morgan fingerprint density at radius 3 is 2.91 bits per heavy atom. The fourth-order valence-corrected chi connectivity index (χ4v) is 1.25. The molecule has 1 aliphatic carbocycles. The smallest absolute Gasteiger partial charge is 0.159 e. The van der Waals surface area contributed by atoms with Crippen molar-refractivity contribution in [2.45, 2.75) is 19.3 Å². The number of carbonyl (C=O) groups is 1. The summed E-state index contributed by atoms with van der Waals surface area (Å²) in [6, 6.07) is 0. The minimum atomic E-state index is 0.203. The maximum absolute atomic E-state index is 10.7. The average Bonchev–Trinajstić information content (AvgIpc) is 2.37. The quantitative estimate of drug-likeness (QED) is 0.442. The van der Waals surface area contributed by atoms with Crippen LogP contribution in [0.5, 0.6) is 0 Å². The molecular formula is C8H11IO2. The highest BCUT2D eigenvalue weighted by molar-refractivity contribution is 14.1. The van der Waals surface area contributed by atoms with E-state index in [0.29, 0.717) is 6.42 Å². The molecule has 0 unspecified atom stereocenters. The monoisotopic (exact) mass is 266 g/mol. The maximum Gasteiger partial charge on any atom is 0.159 e. The molecule has 0 atom stereocenters. The first-order chi connectivity index (χ1) is 5.33. The number of allylic oxidation sites excluding steroid dienone is 2. The Bertz CT molecular complexity index is 175. The van der Waals surface area contributed by atoms with Gasteiger partial charge < -0.3 is 4.74 Å². The van der Waals surface area contributed by atoms with Crippen LogP contribution in [0.4, 0.5) is 0 Å². The van der Waals surface area contributed by atoms with Crippen LogP contribution in [0.1, 0.15) is 19.3 Å². The van der Waals surface area contributed by atoms with Crippen molar-refractivity contribution in [1.29, 1.82) is 0 Å². The van der Waals surface area contributed by atoms with Crippen molar-refractivity contribution in [2.24, 2.45) is 0 Å². The van der Waals surface area contributed by atoms with E-state index in [4.69, 9.17) is 4.74 Å². The number of hydrogen-bond acceptors (Lipinski definition) is 2. The lowest BCUT2D eigenvalue weighted by Crippen LogP contribution is -1.92.